The summed E-state index contributed by atoms with van der Waals surface area (Å²) in [6, 6.07) is 11.9. The number of rotatable bonds is 8. The number of carbonyl (C=O) groups is 3. The Balaban J connectivity index is 1.04. The number of carbonyl (C=O) groups excluding carboxylic acids is 3. The Morgan fingerprint density at radius 2 is 1.66 bits per heavy atom. The standard InChI is InChI=1S/C29H28F2N10O5S/c30-22-2-1-3-23(31)25(22)26(43)41-27(32)36-28(37-41)34-18-5-8-21(9-6-18)47(45,46)39-14-12-38(13-15-39)17-19-4-7-20(16-33-19)40-11-10-24(42)35-29(40)44/h1-9,16H,10-15,17H2,(H,35,42,44)(H3,32,34,36,37). The van der Waals surface area contributed by atoms with Gasteiger partial charge in [-0.15, -0.1) is 5.10 Å². The minimum absolute atomic E-state index is 0.0698. The maximum Gasteiger partial charge on any atom is 0.328 e. The van der Waals surface area contributed by atoms with E-state index >= 15 is 0 Å². The maximum atomic E-state index is 14.1. The number of urea groups is 1. The van der Waals surface area contributed by atoms with Crippen molar-refractivity contribution in [3.05, 3.63) is 83.7 Å². The third-order valence-corrected chi connectivity index (χ3v) is 9.55. The van der Waals surface area contributed by atoms with Crippen LogP contribution in [0.15, 0.2) is 65.7 Å². The van der Waals surface area contributed by atoms with Crippen molar-refractivity contribution in [3.8, 4) is 0 Å². The number of aromatic nitrogens is 4. The number of benzene rings is 2. The molecular weight excluding hydrogens is 638 g/mol. The van der Waals surface area contributed by atoms with E-state index in [1.165, 1.54) is 33.5 Å². The number of piperazine rings is 1. The Bertz CT molecular complexity index is 1930. The molecule has 0 saturated carbocycles. The zero-order valence-corrected chi connectivity index (χ0v) is 25.5. The fourth-order valence-electron chi connectivity index (χ4n) is 5.16. The Morgan fingerprint density at radius 3 is 2.30 bits per heavy atom. The van der Waals surface area contributed by atoms with Crippen molar-refractivity contribution in [2.24, 2.45) is 0 Å². The molecule has 2 aliphatic rings. The quantitative estimate of drug-likeness (QED) is 0.249. The highest BCUT2D eigenvalue weighted by Gasteiger charge is 2.29. The van der Waals surface area contributed by atoms with Gasteiger partial charge < -0.3 is 11.1 Å². The molecule has 15 nitrogen and oxygen atoms in total. The molecule has 0 aliphatic carbocycles. The van der Waals surface area contributed by atoms with Crippen LogP contribution < -0.4 is 21.3 Å². The molecule has 2 saturated heterocycles. The van der Waals surface area contributed by atoms with Crippen LogP contribution in [0.2, 0.25) is 0 Å². The number of hydrogen-bond donors (Lipinski definition) is 3. The van der Waals surface area contributed by atoms with Gasteiger partial charge in [-0.2, -0.15) is 14.0 Å². The topological polar surface area (TPSA) is 189 Å². The van der Waals surface area contributed by atoms with E-state index in [1.54, 1.807) is 18.3 Å². The molecule has 0 bridgehead atoms. The molecule has 2 aromatic carbocycles. The molecule has 0 atom stereocenters. The van der Waals surface area contributed by atoms with Crippen molar-refractivity contribution < 1.29 is 31.6 Å². The van der Waals surface area contributed by atoms with Crippen molar-refractivity contribution in [1.82, 2.24) is 34.3 Å². The number of anilines is 4. The van der Waals surface area contributed by atoms with Crippen LogP contribution in [-0.2, 0) is 21.4 Å². The Labute approximate surface area is 267 Å². The second-order valence-electron chi connectivity index (χ2n) is 10.7. The molecule has 2 aliphatic heterocycles. The van der Waals surface area contributed by atoms with Crippen LogP contribution in [0.25, 0.3) is 0 Å². The van der Waals surface area contributed by atoms with Gasteiger partial charge in [0.25, 0.3) is 5.91 Å². The second kappa shape index (κ2) is 12.8. The van der Waals surface area contributed by atoms with Crippen LogP contribution in [0, 0.1) is 11.6 Å². The number of pyridine rings is 1. The van der Waals surface area contributed by atoms with Crippen LogP contribution in [-0.4, -0.2) is 87.9 Å². The minimum atomic E-state index is -3.80. The summed E-state index contributed by atoms with van der Waals surface area (Å²) in [6.07, 6.45) is 1.79. The lowest BCUT2D eigenvalue weighted by Crippen LogP contribution is -2.49. The summed E-state index contributed by atoms with van der Waals surface area (Å²) in [7, 11) is -3.80. The van der Waals surface area contributed by atoms with Gasteiger partial charge in [0.15, 0.2) is 0 Å². The summed E-state index contributed by atoms with van der Waals surface area (Å²) in [4.78, 5) is 48.1. The SMILES string of the molecule is Nc1nc(Nc2ccc(S(=O)(=O)N3CCN(Cc4ccc(N5CCC(=O)NC5=O)cn4)CC3)cc2)nn1C(=O)c1c(F)cccc1F. The van der Waals surface area contributed by atoms with E-state index in [2.05, 4.69) is 30.6 Å². The zero-order chi connectivity index (χ0) is 33.3. The van der Waals surface area contributed by atoms with E-state index in [9.17, 15) is 31.6 Å². The summed E-state index contributed by atoms with van der Waals surface area (Å²) in [5.74, 6) is -4.15. The molecule has 3 amide bonds. The Kier molecular flexibility index (Phi) is 8.63. The average molecular weight is 667 g/mol. The largest absolute Gasteiger partial charge is 0.368 e. The number of imide groups is 1. The van der Waals surface area contributed by atoms with Crippen LogP contribution >= 0.6 is 0 Å². The normalized spacial score (nSPS) is 16.3. The van der Waals surface area contributed by atoms with E-state index in [-0.39, 0.29) is 42.8 Å². The fourth-order valence-corrected chi connectivity index (χ4v) is 6.58. The van der Waals surface area contributed by atoms with E-state index in [0.717, 1.165) is 23.9 Å². The molecule has 4 N–H and O–H groups in total. The number of nitrogens with zero attached hydrogens (tertiary/aromatic N) is 7. The number of amides is 3. The molecule has 4 aromatic rings. The number of nitrogen functional groups attached to an aromatic ring is 1. The van der Waals surface area contributed by atoms with Gasteiger partial charge in [-0.25, -0.2) is 22.0 Å². The average Bonchev–Trinajstić information content (AvgIpc) is 3.41. The molecule has 0 radical (unpaired) electrons. The summed E-state index contributed by atoms with van der Waals surface area (Å²) in [6.45, 7) is 2.25. The van der Waals surface area contributed by atoms with Gasteiger partial charge in [0.05, 0.1) is 22.5 Å². The highest BCUT2D eigenvalue weighted by molar-refractivity contribution is 7.89. The molecular formula is C29H28F2N10O5S. The van der Waals surface area contributed by atoms with Gasteiger partial charge in [0.2, 0.25) is 27.8 Å². The maximum absolute atomic E-state index is 14.1. The van der Waals surface area contributed by atoms with E-state index in [0.29, 0.717) is 35.7 Å². The fraction of sp³-hybridized carbons (Fsp3) is 0.241. The van der Waals surface area contributed by atoms with Crippen LogP contribution in [0.4, 0.5) is 36.8 Å². The van der Waals surface area contributed by atoms with Crippen LogP contribution in [0.5, 0.6) is 0 Å². The number of hydrogen-bond acceptors (Lipinski definition) is 11. The van der Waals surface area contributed by atoms with Gasteiger partial charge in [0, 0.05) is 51.4 Å². The van der Waals surface area contributed by atoms with Gasteiger partial charge in [-0.3, -0.25) is 29.7 Å². The molecule has 244 valence electrons. The second-order valence-corrected chi connectivity index (χ2v) is 12.6. The first-order chi connectivity index (χ1) is 22.5. The van der Waals surface area contributed by atoms with Gasteiger partial charge in [-0.1, -0.05) is 6.07 Å². The smallest absolute Gasteiger partial charge is 0.328 e. The highest BCUT2D eigenvalue weighted by atomic mass is 32.2. The van der Waals surface area contributed by atoms with Crippen LogP contribution in [0.3, 0.4) is 0 Å². The predicted molar refractivity (Wildman–Crippen MR) is 164 cm³/mol. The Morgan fingerprint density at radius 1 is 0.957 bits per heavy atom. The lowest BCUT2D eigenvalue weighted by molar-refractivity contribution is -0.120. The number of nitrogens with one attached hydrogen (secondary N) is 2. The molecule has 4 heterocycles. The van der Waals surface area contributed by atoms with Crippen molar-refractivity contribution in [2.45, 2.75) is 17.9 Å². The minimum Gasteiger partial charge on any atom is -0.368 e. The monoisotopic (exact) mass is 666 g/mol. The summed E-state index contributed by atoms with van der Waals surface area (Å²) in [5, 5.41) is 8.97. The molecule has 0 spiro atoms. The molecule has 2 fully saturated rings. The number of nitrogens with two attached hydrogens (primary N) is 1. The molecule has 2 aromatic heterocycles. The van der Waals surface area contributed by atoms with E-state index in [1.807, 2.05) is 0 Å². The molecule has 0 unspecified atom stereocenters. The van der Waals surface area contributed by atoms with Crippen molar-refractivity contribution in [1.29, 1.82) is 0 Å². The summed E-state index contributed by atoms with van der Waals surface area (Å²) >= 11 is 0. The molecule has 6 rings (SSSR count). The summed E-state index contributed by atoms with van der Waals surface area (Å²) in [5.41, 5.74) is 6.64. The third-order valence-electron chi connectivity index (χ3n) is 7.64. The summed E-state index contributed by atoms with van der Waals surface area (Å²) < 4.78 is 56.8. The van der Waals surface area contributed by atoms with Crippen molar-refractivity contribution >= 4 is 51.1 Å². The highest BCUT2D eigenvalue weighted by Crippen LogP contribution is 2.23. The Hall–Kier alpha value is -5.33. The first kappa shape index (κ1) is 31.6. The van der Waals surface area contributed by atoms with E-state index in [4.69, 9.17) is 5.73 Å². The van der Waals surface area contributed by atoms with Gasteiger partial charge in [-0.05, 0) is 48.5 Å². The first-order valence-electron chi connectivity index (χ1n) is 14.4. The zero-order valence-electron chi connectivity index (χ0n) is 24.6. The molecule has 18 heteroatoms. The lowest BCUT2D eigenvalue weighted by Gasteiger charge is -2.33. The van der Waals surface area contributed by atoms with Gasteiger partial charge in [0.1, 0.15) is 17.2 Å². The van der Waals surface area contributed by atoms with E-state index < -0.39 is 45.1 Å². The number of halogens is 2. The predicted octanol–water partition coefficient (Wildman–Crippen LogP) is 1.92. The lowest BCUT2D eigenvalue weighted by atomic mass is 10.2. The third kappa shape index (κ3) is 6.64. The van der Waals surface area contributed by atoms with Crippen molar-refractivity contribution in [3.63, 3.8) is 0 Å². The first-order valence-corrected chi connectivity index (χ1v) is 15.8. The van der Waals surface area contributed by atoms with Crippen molar-refractivity contribution in [2.75, 3.05) is 48.7 Å². The molecule has 47 heavy (non-hydrogen) atoms. The van der Waals surface area contributed by atoms with Crippen LogP contribution in [0.1, 0.15) is 22.5 Å². The van der Waals surface area contributed by atoms with Gasteiger partial charge >= 0.3 is 6.03 Å². The number of sulfonamides is 1.